The first-order valence-electron chi connectivity index (χ1n) is 6.20. The van der Waals surface area contributed by atoms with Crippen LogP contribution < -0.4 is 5.56 Å². The van der Waals surface area contributed by atoms with Crippen LogP contribution in [-0.4, -0.2) is 9.36 Å². The Morgan fingerprint density at radius 3 is 2.74 bits per heavy atom. The van der Waals surface area contributed by atoms with E-state index in [1.54, 1.807) is 22.9 Å². The number of aryl methyl sites for hydroxylation is 1. The van der Waals surface area contributed by atoms with Gasteiger partial charge in [0.15, 0.2) is 0 Å². The second-order valence-corrected chi connectivity index (χ2v) is 5.65. The molecule has 3 nitrogen and oxygen atoms in total. The Hall–Kier alpha value is -1.11. The molecule has 1 heterocycles. The Balaban J connectivity index is 2.15. The van der Waals surface area contributed by atoms with Gasteiger partial charge in [-0.05, 0) is 37.5 Å². The van der Waals surface area contributed by atoms with Crippen LogP contribution in [0.3, 0.4) is 0 Å². The summed E-state index contributed by atoms with van der Waals surface area (Å²) in [4.78, 5) is 12.0. The van der Waals surface area contributed by atoms with Gasteiger partial charge in [0.2, 0.25) is 0 Å². The Morgan fingerprint density at radius 1 is 1.37 bits per heavy atom. The molecule has 1 aromatic heterocycles. The predicted molar refractivity (Wildman–Crippen MR) is 80.8 cm³/mol. The minimum atomic E-state index is -1.17. The number of aromatic nitrogens is 2. The van der Waals surface area contributed by atoms with Gasteiger partial charge < -0.3 is 0 Å². The highest BCUT2D eigenvalue weighted by molar-refractivity contribution is 14.1. The molecule has 0 saturated heterocycles. The van der Waals surface area contributed by atoms with Crippen molar-refractivity contribution < 1.29 is 4.39 Å². The van der Waals surface area contributed by atoms with Crippen molar-refractivity contribution in [1.82, 2.24) is 9.36 Å². The van der Waals surface area contributed by atoms with Crippen molar-refractivity contribution in [2.24, 2.45) is 0 Å². The van der Waals surface area contributed by atoms with Crippen LogP contribution in [0.5, 0.6) is 0 Å². The van der Waals surface area contributed by atoms with E-state index in [4.69, 9.17) is 0 Å². The lowest BCUT2D eigenvalue weighted by atomic mass is 10.1. The van der Waals surface area contributed by atoms with Gasteiger partial charge in [-0.25, -0.2) is 9.07 Å². The number of hydrogen-bond acceptors (Lipinski definition) is 1. The van der Waals surface area contributed by atoms with Crippen LogP contribution in [0.1, 0.15) is 24.1 Å². The van der Waals surface area contributed by atoms with Crippen molar-refractivity contribution in [3.8, 4) is 5.69 Å². The maximum atomic E-state index is 14.1. The molecule has 0 unspecified atom stereocenters. The SMILES string of the molecule is Cc1cc(=O)n(-c2cccc(C3(F)CC3)c2)n1CI. The second-order valence-electron chi connectivity index (χ2n) is 4.97. The van der Waals surface area contributed by atoms with Crippen LogP contribution in [0.15, 0.2) is 35.1 Å². The minimum Gasteiger partial charge on any atom is -0.272 e. The Morgan fingerprint density at radius 2 is 2.11 bits per heavy atom. The van der Waals surface area contributed by atoms with Crippen molar-refractivity contribution >= 4 is 22.6 Å². The predicted octanol–water partition coefficient (Wildman–Crippen LogP) is 3.30. The maximum Gasteiger partial charge on any atom is 0.271 e. The third-order valence-corrected chi connectivity index (χ3v) is 4.25. The molecular weight excluding hydrogens is 358 g/mol. The highest BCUT2D eigenvalue weighted by Crippen LogP contribution is 2.49. The van der Waals surface area contributed by atoms with Crippen molar-refractivity contribution in [1.29, 1.82) is 0 Å². The van der Waals surface area contributed by atoms with Gasteiger partial charge >= 0.3 is 0 Å². The summed E-state index contributed by atoms with van der Waals surface area (Å²) in [6.07, 6.45) is 1.16. The summed E-state index contributed by atoms with van der Waals surface area (Å²) in [7, 11) is 0. The molecule has 0 aliphatic heterocycles. The van der Waals surface area contributed by atoms with E-state index in [1.165, 1.54) is 0 Å². The molecule has 1 saturated carbocycles. The number of hydrogen-bond donors (Lipinski definition) is 0. The van der Waals surface area contributed by atoms with E-state index in [0.29, 0.717) is 23.0 Å². The zero-order chi connectivity index (χ0) is 13.6. The summed E-state index contributed by atoms with van der Waals surface area (Å²) in [6.45, 7) is 1.90. The lowest BCUT2D eigenvalue weighted by Crippen LogP contribution is -2.20. The van der Waals surface area contributed by atoms with E-state index in [0.717, 1.165) is 11.4 Å². The Bertz CT molecular complexity index is 685. The number of halogens is 2. The smallest absolute Gasteiger partial charge is 0.271 e. The van der Waals surface area contributed by atoms with Gasteiger partial charge in [0, 0.05) is 11.8 Å². The van der Waals surface area contributed by atoms with Crippen molar-refractivity contribution in [3.05, 3.63) is 51.9 Å². The van der Waals surface area contributed by atoms with Crippen LogP contribution >= 0.6 is 22.6 Å². The summed E-state index contributed by atoms with van der Waals surface area (Å²) in [5.74, 6) is 0. The van der Waals surface area contributed by atoms with Gasteiger partial charge in [0.1, 0.15) is 5.67 Å². The molecule has 19 heavy (non-hydrogen) atoms. The van der Waals surface area contributed by atoms with Gasteiger partial charge in [0.25, 0.3) is 5.56 Å². The number of nitrogens with zero attached hydrogens (tertiary/aromatic N) is 2. The first-order valence-corrected chi connectivity index (χ1v) is 7.73. The van der Waals surface area contributed by atoms with Gasteiger partial charge in [-0.15, -0.1) is 0 Å². The molecule has 1 aliphatic rings. The largest absolute Gasteiger partial charge is 0.272 e. The maximum absolute atomic E-state index is 14.1. The third-order valence-electron chi connectivity index (χ3n) is 3.60. The first-order chi connectivity index (χ1) is 9.05. The molecule has 0 radical (unpaired) electrons. The minimum absolute atomic E-state index is 0.0741. The van der Waals surface area contributed by atoms with Gasteiger partial charge in [0.05, 0.1) is 10.2 Å². The zero-order valence-electron chi connectivity index (χ0n) is 10.6. The molecule has 5 heteroatoms. The van der Waals surface area contributed by atoms with E-state index < -0.39 is 5.67 Å². The lowest BCUT2D eigenvalue weighted by molar-refractivity contribution is 0.317. The van der Waals surface area contributed by atoms with Gasteiger partial charge in [-0.2, -0.15) is 0 Å². The van der Waals surface area contributed by atoms with Crippen LogP contribution in [0, 0.1) is 6.92 Å². The highest BCUT2D eigenvalue weighted by Gasteiger charge is 2.45. The number of benzene rings is 1. The van der Waals surface area contributed by atoms with Crippen molar-refractivity contribution in [2.75, 3.05) is 0 Å². The average Bonchev–Trinajstić information content (AvgIpc) is 3.07. The molecule has 3 rings (SSSR count). The average molecular weight is 372 g/mol. The van der Waals surface area contributed by atoms with Crippen molar-refractivity contribution in [3.63, 3.8) is 0 Å². The Labute approximate surface area is 124 Å². The monoisotopic (exact) mass is 372 g/mol. The first kappa shape index (κ1) is 12.9. The van der Waals surface area contributed by atoms with E-state index in [9.17, 15) is 9.18 Å². The van der Waals surface area contributed by atoms with Crippen LogP contribution in [0.4, 0.5) is 4.39 Å². The standard InChI is InChI=1S/C14H14FIN2O/c1-10-7-13(19)18(17(10)9-16)12-4-2-3-11(8-12)14(15)5-6-14/h2-4,7-8H,5-6,9H2,1H3. The van der Waals surface area contributed by atoms with E-state index in [-0.39, 0.29) is 5.56 Å². The van der Waals surface area contributed by atoms with Gasteiger partial charge in [-0.1, -0.05) is 34.7 Å². The molecule has 2 aromatic rings. The van der Waals surface area contributed by atoms with E-state index >= 15 is 0 Å². The summed E-state index contributed by atoms with van der Waals surface area (Å²) in [6, 6.07) is 8.85. The van der Waals surface area contributed by atoms with E-state index in [1.807, 2.05) is 23.7 Å². The molecule has 1 fully saturated rings. The fraction of sp³-hybridized carbons (Fsp3) is 0.357. The van der Waals surface area contributed by atoms with Crippen LogP contribution in [-0.2, 0) is 10.2 Å². The molecule has 1 aromatic carbocycles. The van der Waals surface area contributed by atoms with E-state index in [2.05, 4.69) is 22.6 Å². The van der Waals surface area contributed by atoms with Gasteiger partial charge in [-0.3, -0.25) is 9.48 Å². The molecule has 100 valence electrons. The Kier molecular flexibility index (Phi) is 3.03. The summed E-state index contributed by atoms with van der Waals surface area (Å²) < 4.78 is 18.3. The molecule has 0 amide bonds. The second kappa shape index (κ2) is 4.47. The number of alkyl halides is 2. The molecule has 0 spiro atoms. The molecule has 1 aliphatic carbocycles. The zero-order valence-corrected chi connectivity index (χ0v) is 12.7. The van der Waals surface area contributed by atoms with Crippen LogP contribution in [0.2, 0.25) is 0 Å². The third kappa shape index (κ3) is 2.13. The normalized spacial score (nSPS) is 16.6. The van der Waals surface area contributed by atoms with Crippen molar-refractivity contribution in [2.45, 2.75) is 30.0 Å². The summed E-state index contributed by atoms with van der Waals surface area (Å²) in [5.41, 5.74) is 1.07. The molecular formula is C14H14FIN2O. The van der Waals surface area contributed by atoms with Crippen LogP contribution in [0.25, 0.3) is 5.69 Å². The number of rotatable bonds is 3. The highest BCUT2D eigenvalue weighted by atomic mass is 127. The fourth-order valence-corrected chi connectivity index (χ4v) is 3.16. The topological polar surface area (TPSA) is 26.9 Å². The summed E-state index contributed by atoms with van der Waals surface area (Å²) >= 11 is 2.21. The fourth-order valence-electron chi connectivity index (χ4n) is 2.32. The quantitative estimate of drug-likeness (QED) is 0.600. The molecule has 0 atom stereocenters. The molecule has 0 bridgehead atoms. The summed E-state index contributed by atoms with van der Waals surface area (Å²) in [5, 5.41) is 0. The molecule has 0 N–H and O–H groups in total. The lowest BCUT2D eigenvalue weighted by Gasteiger charge is -2.13.